The van der Waals surface area contributed by atoms with Crippen LogP contribution in [0.4, 0.5) is 0 Å². The molecule has 0 aliphatic heterocycles. The molecule has 0 aromatic heterocycles. The summed E-state index contributed by atoms with van der Waals surface area (Å²) < 4.78 is 39.6. The number of unbranched alkanes of at least 4 members (excludes halogenated alkanes) is 24. The molecule has 0 aliphatic carbocycles. The molecule has 0 saturated carbocycles. The van der Waals surface area contributed by atoms with Crippen LogP contribution < -0.4 is 0 Å². The minimum atomic E-state index is -4.77. The lowest BCUT2D eigenvalue weighted by Gasteiger charge is -2.21. The summed E-state index contributed by atoms with van der Waals surface area (Å²) in [4.78, 5) is 48.7. The van der Waals surface area contributed by atoms with Gasteiger partial charge in [0.25, 0.3) is 0 Å². The Morgan fingerprint density at radius 2 is 0.667 bits per heavy atom. The lowest BCUT2D eigenvalue weighted by molar-refractivity contribution is -0.161. The highest BCUT2D eigenvalue weighted by atomic mass is 31.2. The highest BCUT2D eigenvalue weighted by Gasteiger charge is 2.28. The minimum Gasteiger partial charge on any atom is -0.462 e. The van der Waals surface area contributed by atoms with Crippen LogP contribution in [0.25, 0.3) is 0 Å². The van der Waals surface area contributed by atoms with Crippen molar-refractivity contribution in [1.82, 2.24) is 0 Å². The van der Waals surface area contributed by atoms with Crippen LogP contribution in [0.3, 0.4) is 0 Å². The van der Waals surface area contributed by atoms with Gasteiger partial charge in [-0.3, -0.25) is 23.4 Å². The van der Waals surface area contributed by atoms with Crippen LogP contribution in [0.15, 0.2) is 97.2 Å². The number of hydrogen-bond donors (Lipinski definition) is 2. The van der Waals surface area contributed by atoms with Gasteiger partial charge in [0.15, 0.2) is 6.10 Å². The topological polar surface area (TPSA) is 155 Å². The largest absolute Gasteiger partial charge is 0.472 e. The number of esters is 3. The Balaban J connectivity index is 4.76. The monoisotopic (exact) mass is 1110 g/mol. The molecule has 0 amide bonds. The lowest BCUT2D eigenvalue weighted by Crippen LogP contribution is -2.30. The molecule has 0 heterocycles. The SMILES string of the molecule is CC/C=C\C/C=C\C/C=C\C/C=C\CCCCCCCCC(=O)OC(COC(=O)CCCCCCCCC/C=C\CCCCCCCC)COP(=O)(O)OCC(CO)OC(=O)CCCCCCC/C=C\C/C=C\C/C=C\CC. The molecule has 3 atom stereocenters. The Hall–Kier alpha value is -3.60. The Labute approximate surface area is 476 Å². The van der Waals surface area contributed by atoms with Gasteiger partial charge in [-0.1, -0.05) is 227 Å². The number of allylic oxidation sites excluding steroid dienone is 16. The van der Waals surface area contributed by atoms with Gasteiger partial charge in [0, 0.05) is 19.3 Å². The molecule has 0 aromatic carbocycles. The van der Waals surface area contributed by atoms with E-state index in [1.165, 1.54) is 64.2 Å². The fourth-order valence-electron chi connectivity index (χ4n) is 8.30. The van der Waals surface area contributed by atoms with Crippen molar-refractivity contribution in [3.8, 4) is 0 Å². The zero-order chi connectivity index (χ0) is 56.9. The summed E-state index contributed by atoms with van der Waals surface area (Å²) in [5.41, 5.74) is 0. The molecular weight excluding hydrogens is 1000 g/mol. The Morgan fingerprint density at radius 1 is 0.372 bits per heavy atom. The maximum absolute atomic E-state index is 12.9. The van der Waals surface area contributed by atoms with Gasteiger partial charge in [-0.15, -0.1) is 0 Å². The highest BCUT2D eigenvalue weighted by Crippen LogP contribution is 2.43. The summed E-state index contributed by atoms with van der Waals surface area (Å²) in [5, 5.41) is 9.84. The van der Waals surface area contributed by atoms with Crippen molar-refractivity contribution in [2.45, 2.75) is 277 Å². The van der Waals surface area contributed by atoms with Crippen LogP contribution in [-0.4, -0.2) is 66.5 Å². The number of aliphatic hydroxyl groups is 1. The van der Waals surface area contributed by atoms with Crippen molar-refractivity contribution in [3.05, 3.63) is 97.2 Å². The molecule has 448 valence electrons. The van der Waals surface area contributed by atoms with Gasteiger partial charge < -0.3 is 24.2 Å². The van der Waals surface area contributed by atoms with Crippen molar-refractivity contribution in [1.29, 1.82) is 0 Å². The fraction of sp³-hybridized carbons (Fsp3) is 0.712. The van der Waals surface area contributed by atoms with E-state index in [2.05, 4.69) is 118 Å². The first-order valence-electron chi connectivity index (χ1n) is 31.1. The van der Waals surface area contributed by atoms with Gasteiger partial charge in [0.2, 0.25) is 0 Å². The molecule has 0 fully saturated rings. The first-order chi connectivity index (χ1) is 38.2. The average molecular weight is 1110 g/mol. The Bertz CT molecular complexity index is 1680. The molecule has 0 bridgehead atoms. The number of carbonyl (C=O) groups excluding carboxylic acids is 3. The van der Waals surface area contributed by atoms with Crippen LogP contribution in [0.2, 0.25) is 0 Å². The fourth-order valence-corrected chi connectivity index (χ4v) is 9.08. The van der Waals surface area contributed by atoms with E-state index in [0.717, 1.165) is 141 Å². The zero-order valence-corrected chi connectivity index (χ0v) is 50.5. The lowest BCUT2D eigenvalue weighted by atomic mass is 10.1. The zero-order valence-electron chi connectivity index (χ0n) is 49.6. The van der Waals surface area contributed by atoms with E-state index in [-0.39, 0.29) is 25.9 Å². The summed E-state index contributed by atoms with van der Waals surface area (Å²) in [6.07, 6.45) is 70.7. The van der Waals surface area contributed by atoms with Crippen molar-refractivity contribution >= 4 is 25.7 Å². The summed E-state index contributed by atoms with van der Waals surface area (Å²) in [5.74, 6) is -1.50. The molecule has 78 heavy (non-hydrogen) atoms. The molecule has 0 radical (unpaired) electrons. The number of ether oxygens (including phenoxy) is 3. The summed E-state index contributed by atoms with van der Waals surface area (Å²) in [6.45, 7) is 4.39. The van der Waals surface area contributed by atoms with E-state index in [1.807, 2.05) is 0 Å². The smallest absolute Gasteiger partial charge is 0.462 e. The second kappa shape index (κ2) is 59.5. The van der Waals surface area contributed by atoms with Crippen LogP contribution in [0, 0.1) is 0 Å². The Kier molecular flexibility index (Phi) is 56.8. The maximum Gasteiger partial charge on any atom is 0.472 e. The summed E-state index contributed by atoms with van der Waals surface area (Å²) in [6, 6.07) is 0. The number of phosphoric acid groups is 1. The standard InChI is InChI=1S/C66H113O11P/c1-4-7-10-13-16-19-22-25-28-30-31-33-36-39-42-45-48-51-54-57-66(70)77-63(59-73-64(68)55-52-49-46-43-40-37-35-32-29-26-23-20-17-14-11-8-5-2)61-75-78(71,72)74-60-62(58-67)76-65(69)56-53-50-47-44-41-38-34-27-24-21-18-15-12-9-6-3/h7,9-10,12,16,18-19,21,25-29,31,33-34,62-63,67H,4-6,8,11,13-15,17,20,22-24,30,32,35-61H2,1-3H3,(H,71,72)/b10-7-,12-9-,19-16-,21-18-,28-25-,29-26-,33-31-,34-27-. The number of hydrogen-bond acceptors (Lipinski definition) is 10. The normalized spacial score (nSPS) is 14.0. The van der Waals surface area contributed by atoms with Crippen LogP contribution in [-0.2, 0) is 42.2 Å². The third-order valence-corrected chi connectivity index (χ3v) is 13.9. The third kappa shape index (κ3) is 57.1. The van der Waals surface area contributed by atoms with Gasteiger partial charge in [0.05, 0.1) is 19.8 Å². The van der Waals surface area contributed by atoms with Crippen molar-refractivity contribution < 1.29 is 52.2 Å². The molecule has 0 spiro atoms. The minimum absolute atomic E-state index is 0.146. The molecule has 0 saturated heterocycles. The van der Waals surface area contributed by atoms with Gasteiger partial charge >= 0.3 is 25.7 Å². The highest BCUT2D eigenvalue weighted by molar-refractivity contribution is 7.47. The van der Waals surface area contributed by atoms with E-state index in [1.54, 1.807) is 0 Å². The van der Waals surface area contributed by atoms with Gasteiger partial charge in [-0.05, 0) is 116 Å². The molecule has 2 N–H and O–H groups in total. The number of rotatable bonds is 57. The van der Waals surface area contributed by atoms with Crippen molar-refractivity contribution in [2.75, 3.05) is 26.4 Å². The maximum atomic E-state index is 12.9. The van der Waals surface area contributed by atoms with Crippen molar-refractivity contribution in [2.24, 2.45) is 0 Å². The van der Waals surface area contributed by atoms with Gasteiger partial charge in [0.1, 0.15) is 12.7 Å². The molecule has 12 heteroatoms. The number of carbonyl (C=O) groups is 3. The quantitative estimate of drug-likeness (QED) is 0.0197. The molecule has 0 aliphatic rings. The molecule has 11 nitrogen and oxygen atoms in total. The average Bonchev–Trinajstić information content (AvgIpc) is 3.43. The first kappa shape index (κ1) is 74.4. The first-order valence-corrected chi connectivity index (χ1v) is 32.6. The third-order valence-electron chi connectivity index (χ3n) is 13.0. The Morgan fingerprint density at radius 3 is 1.04 bits per heavy atom. The summed E-state index contributed by atoms with van der Waals surface area (Å²) in [7, 11) is -4.77. The second-order valence-corrected chi connectivity index (χ2v) is 21.9. The number of aliphatic hydroxyl groups excluding tert-OH is 1. The van der Waals surface area contributed by atoms with E-state index in [0.29, 0.717) is 19.3 Å². The van der Waals surface area contributed by atoms with Crippen LogP contribution in [0.1, 0.15) is 265 Å². The number of phosphoric ester groups is 1. The van der Waals surface area contributed by atoms with E-state index >= 15 is 0 Å². The van der Waals surface area contributed by atoms with Crippen molar-refractivity contribution in [3.63, 3.8) is 0 Å². The van der Waals surface area contributed by atoms with Crippen LogP contribution in [0.5, 0.6) is 0 Å². The molecule has 0 rings (SSSR count). The van der Waals surface area contributed by atoms with Gasteiger partial charge in [-0.2, -0.15) is 0 Å². The molecule has 0 aromatic rings. The van der Waals surface area contributed by atoms with E-state index in [4.69, 9.17) is 23.3 Å². The molecular formula is C66H113O11P. The predicted octanol–water partition coefficient (Wildman–Crippen LogP) is 18.8. The predicted molar refractivity (Wildman–Crippen MR) is 325 cm³/mol. The van der Waals surface area contributed by atoms with E-state index in [9.17, 15) is 28.9 Å². The van der Waals surface area contributed by atoms with Crippen LogP contribution >= 0.6 is 7.82 Å². The summed E-state index contributed by atoms with van der Waals surface area (Å²) >= 11 is 0. The second-order valence-electron chi connectivity index (χ2n) is 20.5. The van der Waals surface area contributed by atoms with E-state index < -0.39 is 57.8 Å². The molecule has 3 unspecified atom stereocenters. The van der Waals surface area contributed by atoms with Gasteiger partial charge in [-0.25, -0.2) is 4.57 Å².